The number of carbonyl (C=O) groups excluding carboxylic acids is 2. The number of hydrogen-bond acceptors (Lipinski definition) is 4. The topological polar surface area (TPSA) is 84.2 Å². The van der Waals surface area contributed by atoms with Crippen LogP contribution in [0.5, 0.6) is 0 Å². The van der Waals surface area contributed by atoms with Gasteiger partial charge < -0.3 is 16.4 Å². The lowest BCUT2D eigenvalue weighted by atomic mass is 10.2. The van der Waals surface area contributed by atoms with Crippen LogP contribution in [0.3, 0.4) is 0 Å². The summed E-state index contributed by atoms with van der Waals surface area (Å²) in [4.78, 5) is 24.6. The summed E-state index contributed by atoms with van der Waals surface area (Å²) in [5.74, 6) is -0.0535. The number of rotatable bonds is 5. The summed E-state index contributed by atoms with van der Waals surface area (Å²) in [7, 11) is 0. The average Bonchev–Trinajstić information content (AvgIpc) is 2.64. The minimum atomic E-state index is -0.264. The molecule has 0 saturated carbocycles. The fourth-order valence-corrected chi connectivity index (χ4v) is 2.09. The molecule has 18 heavy (non-hydrogen) atoms. The molecule has 0 spiro atoms. The quantitative estimate of drug-likeness (QED) is 0.749. The molecule has 100 valence electrons. The number of hydrogen-bond donors (Lipinski definition) is 3. The predicted molar refractivity (Wildman–Crippen MR) is 73.6 cm³/mol. The van der Waals surface area contributed by atoms with Crippen LogP contribution in [0.4, 0.5) is 5.69 Å². The van der Waals surface area contributed by atoms with Gasteiger partial charge in [-0.25, -0.2) is 0 Å². The van der Waals surface area contributed by atoms with Gasteiger partial charge in [0.2, 0.25) is 5.91 Å². The van der Waals surface area contributed by atoms with E-state index >= 15 is 0 Å². The lowest BCUT2D eigenvalue weighted by molar-refractivity contribution is -0.120. The Kier molecular flexibility index (Phi) is 5.15. The van der Waals surface area contributed by atoms with Gasteiger partial charge in [0.1, 0.15) is 0 Å². The fraction of sp³-hybridized carbons (Fsp3) is 0.500. The Labute approximate surface area is 111 Å². The molecule has 6 heteroatoms. The maximum Gasteiger partial charge on any atom is 0.261 e. The van der Waals surface area contributed by atoms with Crippen molar-refractivity contribution in [2.75, 3.05) is 18.8 Å². The lowest BCUT2D eigenvalue weighted by Crippen LogP contribution is -2.38. The fourth-order valence-electron chi connectivity index (χ4n) is 1.24. The zero-order valence-electron chi connectivity index (χ0n) is 10.9. The van der Waals surface area contributed by atoms with Gasteiger partial charge in [-0.15, -0.1) is 11.3 Å². The van der Waals surface area contributed by atoms with E-state index in [0.29, 0.717) is 23.0 Å². The SMILES string of the molecule is Cc1sc(C(=O)NCC(=O)NCC(C)C)cc1N. The first-order chi connectivity index (χ1) is 8.40. The molecule has 0 saturated heterocycles. The third kappa shape index (κ3) is 4.37. The van der Waals surface area contributed by atoms with Crippen molar-refractivity contribution in [3.8, 4) is 0 Å². The molecule has 1 aromatic rings. The van der Waals surface area contributed by atoms with Gasteiger partial charge in [0.05, 0.1) is 11.4 Å². The molecule has 0 unspecified atom stereocenters. The molecule has 1 rings (SSSR count). The van der Waals surface area contributed by atoms with Gasteiger partial charge in [-0.05, 0) is 18.9 Å². The second-order valence-electron chi connectivity index (χ2n) is 4.50. The average molecular weight is 269 g/mol. The van der Waals surface area contributed by atoms with Crippen LogP contribution in [-0.2, 0) is 4.79 Å². The van der Waals surface area contributed by atoms with Crippen molar-refractivity contribution in [3.63, 3.8) is 0 Å². The molecule has 5 nitrogen and oxygen atoms in total. The normalized spacial score (nSPS) is 10.4. The molecule has 2 amide bonds. The highest BCUT2D eigenvalue weighted by molar-refractivity contribution is 7.14. The van der Waals surface area contributed by atoms with Gasteiger partial charge in [0.25, 0.3) is 5.91 Å². The number of nitrogen functional groups attached to an aromatic ring is 1. The highest BCUT2D eigenvalue weighted by Crippen LogP contribution is 2.22. The Morgan fingerprint density at radius 1 is 1.39 bits per heavy atom. The van der Waals surface area contributed by atoms with E-state index in [9.17, 15) is 9.59 Å². The number of amides is 2. The van der Waals surface area contributed by atoms with E-state index in [2.05, 4.69) is 10.6 Å². The van der Waals surface area contributed by atoms with Gasteiger partial charge in [-0.3, -0.25) is 9.59 Å². The first-order valence-electron chi connectivity index (χ1n) is 5.81. The van der Waals surface area contributed by atoms with Crippen molar-refractivity contribution >= 4 is 28.8 Å². The maximum absolute atomic E-state index is 11.7. The number of carbonyl (C=O) groups is 2. The molecular weight excluding hydrogens is 250 g/mol. The Hall–Kier alpha value is -1.56. The molecule has 1 heterocycles. The lowest BCUT2D eigenvalue weighted by Gasteiger charge is -2.07. The third-order valence-electron chi connectivity index (χ3n) is 2.30. The van der Waals surface area contributed by atoms with Crippen molar-refractivity contribution < 1.29 is 9.59 Å². The van der Waals surface area contributed by atoms with Crippen LogP contribution in [0.2, 0.25) is 0 Å². The van der Waals surface area contributed by atoms with Gasteiger partial charge in [-0.1, -0.05) is 13.8 Å². The van der Waals surface area contributed by atoms with E-state index in [1.54, 1.807) is 6.07 Å². The van der Waals surface area contributed by atoms with Crippen molar-refractivity contribution in [3.05, 3.63) is 15.8 Å². The minimum absolute atomic E-state index is 0.0115. The van der Waals surface area contributed by atoms with Crippen molar-refractivity contribution in [1.29, 1.82) is 0 Å². The zero-order chi connectivity index (χ0) is 13.7. The van der Waals surface area contributed by atoms with Crippen LogP contribution in [0, 0.1) is 12.8 Å². The van der Waals surface area contributed by atoms with Gasteiger partial charge in [-0.2, -0.15) is 0 Å². The molecule has 0 aromatic carbocycles. The number of aryl methyl sites for hydroxylation is 1. The van der Waals surface area contributed by atoms with Gasteiger partial charge in [0.15, 0.2) is 0 Å². The second kappa shape index (κ2) is 6.39. The summed E-state index contributed by atoms with van der Waals surface area (Å²) < 4.78 is 0. The van der Waals surface area contributed by atoms with Crippen LogP contribution in [0.1, 0.15) is 28.4 Å². The molecule has 0 radical (unpaired) electrons. The molecular formula is C12H19N3O2S. The molecule has 0 aliphatic rings. The molecule has 1 aromatic heterocycles. The summed E-state index contributed by atoms with van der Waals surface area (Å²) in [6, 6.07) is 1.63. The van der Waals surface area contributed by atoms with Crippen molar-refractivity contribution in [2.45, 2.75) is 20.8 Å². The number of nitrogens with two attached hydrogens (primary N) is 1. The van der Waals surface area contributed by atoms with Crippen LogP contribution >= 0.6 is 11.3 Å². The number of anilines is 1. The Bertz CT molecular complexity index is 421. The monoisotopic (exact) mass is 269 g/mol. The summed E-state index contributed by atoms with van der Waals surface area (Å²) >= 11 is 1.32. The van der Waals surface area contributed by atoms with E-state index in [0.717, 1.165) is 4.88 Å². The van der Waals surface area contributed by atoms with E-state index in [1.807, 2.05) is 20.8 Å². The van der Waals surface area contributed by atoms with Gasteiger partial charge >= 0.3 is 0 Å². The summed E-state index contributed by atoms with van der Waals surface area (Å²) in [6.07, 6.45) is 0. The molecule has 0 aliphatic carbocycles. The predicted octanol–water partition coefficient (Wildman–Crippen LogP) is 1.14. The van der Waals surface area contributed by atoms with E-state index in [-0.39, 0.29) is 18.4 Å². The maximum atomic E-state index is 11.7. The first-order valence-corrected chi connectivity index (χ1v) is 6.62. The standard InChI is InChI=1S/C12H19N3O2S/c1-7(2)5-14-11(16)6-15-12(17)10-4-9(13)8(3)18-10/h4,7H,5-6,13H2,1-3H3,(H,14,16)(H,15,17). The summed E-state index contributed by atoms with van der Waals surface area (Å²) in [5, 5.41) is 5.30. The molecule has 4 N–H and O–H groups in total. The van der Waals surface area contributed by atoms with Crippen LogP contribution in [0.15, 0.2) is 6.07 Å². The molecule has 0 bridgehead atoms. The second-order valence-corrected chi connectivity index (χ2v) is 5.76. The molecule has 0 aliphatic heterocycles. The highest BCUT2D eigenvalue weighted by Gasteiger charge is 2.12. The van der Waals surface area contributed by atoms with E-state index < -0.39 is 0 Å². The third-order valence-corrected chi connectivity index (χ3v) is 3.36. The smallest absolute Gasteiger partial charge is 0.261 e. The number of nitrogens with one attached hydrogen (secondary N) is 2. The molecule has 0 fully saturated rings. The first kappa shape index (κ1) is 14.5. The highest BCUT2D eigenvalue weighted by atomic mass is 32.1. The van der Waals surface area contributed by atoms with Crippen LogP contribution in [0.25, 0.3) is 0 Å². The van der Waals surface area contributed by atoms with Crippen molar-refractivity contribution in [2.24, 2.45) is 5.92 Å². The summed E-state index contributed by atoms with van der Waals surface area (Å²) in [6.45, 7) is 6.47. The Balaban J connectivity index is 2.39. The van der Waals surface area contributed by atoms with Crippen molar-refractivity contribution in [1.82, 2.24) is 10.6 Å². The summed E-state index contributed by atoms with van der Waals surface area (Å²) in [5.41, 5.74) is 6.27. The van der Waals surface area contributed by atoms with Crippen LogP contribution < -0.4 is 16.4 Å². The number of thiophene rings is 1. The van der Waals surface area contributed by atoms with E-state index in [4.69, 9.17) is 5.73 Å². The minimum Gasteiger partial charge on any atom is -0.398 e. The Morgan fingerprint density at radius 2 is 2.06 bits per heavy atom. The van der Waals surface area contributed by atoms with Crippen LogP contribution in [-0.4, -0.2) is 24.9 Å². The van der Waals surface area contributed by atoms with Gasteiger partial charge in [0, 0.05) is 17.1 Å². The zero-order valence-corrected chi connectivity index (χ0v) is 11.7. The largest absolute Gasteiger partial charge is 0.398 e. The Morgan fingerprint density at radius 3 is 2.56 bits per heavy atom. The van der Waals surface area contributed by atoms with E-state index in [1.165, 1.54) is 11.3 Å². The molecule has 0 atom stereocenters.